The van der Waals surface area contributed by atoms with Gasteiger partial charge in [-0.3, -0.25) is 14.5 Å². The number of rotatable bonds is 7. The number of carbonyl (C=O) groups excluding carboxylic acids is 3. The predicted octanol–water partition coefficient (Wildman–Crippen LogP) is 2.16. The summed E-state index contributed by atoms with van der Waals surface area (Å²) in [4.78, 5) is 41.1. The van der Waals surface area contributed by atoms with Crippen LogP contribution < -0.4 is 5.32 Å². The monoisotopic (exact) mass is 387 g/mol. The number of amides is 4. The number of nitrogens with zero attached hydrogens (tertiary/aromatic N) is 2. The molecular formula is C21H29N3O4. The van der Waals surface area contributed by atoms with Crippen LogP contribution in [0.25, 0.3) is 0 Å². The van der Waals surface area contributed by atoms with Gasteiger partial charge in [-0.15, -0.1) is 0 Å². The van der Waals surface area contributed by atoms with Crippen LogP contribution >= 0.6 is 0 Å². The molecule has 0 bridgehead atoms. The third-order valence-corrected chi connectivity index (χ3v) is 5.80. The van der Waals surface area contributed by atoms with E-state index in [9.17, 15) is 14.4 Å². The molecule has 7 nitrogen and oxygen atoms in total. The van der Waals surface area contributed by atoms with Gasteiger partial charge in [0.1, 0.15) is 12.1 Å². The fourth-order valence-corrected chi connectivity index (χ4v) is 3.95. The largest absolute Gasteiger partial charge is 0.383 e. The van der Waals surface area contributed by atoms with Gasteiger partial charge in [-0.1, -0.05) is 37.3 Å². The van der Waals surface area contributed by atoms with E-state index in [4.69, 9.17) is 4.74 Å². The van der Waals surface area contributed by atoms with Gasteiger partial charge in [0.25, 0.3) is 5.91 Å². The molecule has 1 saturated heterocycles. The minimum Gasteiger partial charge on any atom is -0.383 e. The highest BCUT2D eigenvalue weighted by molar-refractivity contribution is 6.09. The minimum absolute atomic E-state index is 0.238. The van der Waals surface area contributed by atoms with E-state index in [-0.39, 0.29) is 18.4 Å². The summed E-state index contributed by atoms with van der Waals surface area (Å²) in [7, 11) is 1.58. The molecule has 28 heavy (non-hydrogen) atoms. The first-order valence-electron chi connectivity index (χ1n) is 9.90. The van der Waals surface area contributed by atoms with E-state index < -0.39 is 11.6 Å². The van der Waals surface area contributed by atoms with Crippen LogP contribution in [0.1, 0.15) is 38.2 Å². The van der Waals surface area contributed by atoms with E-state index in [1.165, 1.54) is 0 Å². The molecule has 1 spiro atoms. The molecule has 1 aromatic rings. The van der Waals surface area contributed by atoms with E-state index in [1.54, 1.807) is 12.0 Å². The Balaban J connectivity index is 1.68. The maximum atomic E-state index is 13.0. The van der Waals surface area contributed by atoms with E-state index in [2.05, 4.69) is 12.2 Å². The zero-order valence-corrected chi connectivity index (χ0v) is 16.6. The Morgan fingerprint density at radius 1 is 1.25 bits per heavy atom. The van der Waals surface area contributed by atoms with Crippen LogP contribution in [-0.2, 0) is 20.9 Å². The summed E-state index contributed by atoms with van der Waals surface area (Å²) in [6.45, 7) is 3.12. The van der Waals surface area contributed by atoms with Crippen LogP contribution in [0.2, 0.25) is 0 Å². The number of carbonyl (C=O) groups is 3. The van der Waals surface area contributed by atoms with E-state index in [0.717, 1.165) is 23.3 Å². The highest BCUT2D eigenvalue weighted by Gasteiger charge is 2.52. The van der Waals surface area contributed by atoms with Gasteiger partial charge < -0.3 is 15.0 Å². The lowest BCUT2D eigenvalue weighted by molar-refractivity contribution is -0.140. The molecule has 152 valence electrons. The second kappa shape index (κ2) is 8.73. The number of urea groups is 1. The molecule has 1 N–H and O–H groups in total. The van der Waals surface area contributed by atoms with Crippen molar-refractivity contribution in [3.05, 3.63) is 35.9 Å². The Kier molecular flexibility index (Phi) is 6.34. The van der Waals surface area contributed by atoms with Crippen LogP contribution in [0, 0.1) is 5.92 Å². The molecular weight excluding hydrogens is 358 g/mol. The normalized spacial score (nSPS) is 24.5. The maximum absolute atomic E-state index is 13.0. The number of benzene rings is 1. The van der Waals surface area contributed by atoms with Gasteiger partial charge in [0.15, 0.2) is 0 Å². The topological polar surface area (TPSA) is 79.0 Å². The molecule has 0 radical (unpaired) electrons. The second-order valence-electron chi connectivity index (χ2n) is 7.88. The van der Waals surface area contributed by atoms with E-state index >= 15 is 0 Å². The second-order valence-corrected chi connectivity index (χ2v) is 7.88. The molecule has 1 heterocycles. The maximum Gasteiger partial charge on any atom is 0.325 e. The Bertz CT molecular complexity index is 714. The van der Waals surface area contributed by atoms with Crippen LogP contribution in [0.15, 0.2) is 30.3 Å². The lowest BCUT2D eigenvalue weighted by atomic mass is 9.77. The van der Waals surface area contributed by atoms with E-state index in [0.29, 0.717) is 38.5 Å². The third-order valence-electron chi connectivity index (χ3n) is 5.80. The molecule has 1 aliphatic carbocycles. The molecule has 1 aliphatic heterocycles. The number of imide groups is 1. The van der Waals surface area contributed by atoms with Gasteiger partial charge in [0, 0.05) is 20.2 Å². The molecule has 3 rings (SSSR count). The predicted molar refractivity (Wildman–Crippen MR) is 104 cm³/mol. The SMILES string of the molecule is COCCN(Cc1ccccc1)C(=O)CN1C(=O)NC2(CCC(C)CC2)C1=O. The van der Waals surface area contributed by atoms with Crippen molar-refractivity contribution in [2.75, 3.05) is 26.8 Å². The lowest BCUT2D eigenvalue weighted by Crippen LogP contribution is -2.50. The van der Waals surface area contributed by atoms with Crippen molar-refractivity contribution < 1.29 is 19.1 Å². The first kappa shape index (κ1) is 20.3. The Morgan fingerprint density at radius 2 is 1.93 bits per heavy atom. The van der Waals surface area contributed by atoms with E-state index in [1.807, 2.05) is 30.3 Å². The fourth-order valence-electron chi connectivity index (χ4n) is 3.95. The van der Waals surface area contributed by atoms with Crippen molar-refractivity contribution in [1.82, 2.24) is 15.1 Å². The molecule has 2 fully saturated rings. The van der Waals surface area contributed by atoms with Crippen molar-refractivity contribution in [2.24, 2.45) is 5.92 Å². The van der Waals surface area contributed by atoms with Crippen LogP contribution in [0.5, 0.6) is 0 Å². The zero-order valence-electron chi connectivity index (χ0n) is 16.6. The Morgan fingerprint density at radius 3 is 2.57 bits per heavy atom. The first-order valence-corrected chi connectivity index (χ1v) is 9.90. The van der Waals surface area contributed by atoms with Crippen molar-refractivity contribution in [1.29, 1.82) is 0 Å². The van der Waals surface area contributed by atoms with Crippen LogP contribution in [0.3, 0.4) is 0 Å². The van der Waals surface area contributed by atoms with Gasteiger partial charge in [-0.05, 0) is 37.2 Å². The molecule has 0 atom stereocenters. The fraction of sp³-hybridized carbons (Fsp3) is 0.571. The van der Waals surface area contributed by atoms with Crippen LogP contribution in [0.4, 0.5) is 4.79 Å². The summed E-state index contributed by atoms with van der Waals surface area (Å²) in [6.07, 6.45) is 3.09. The standard InChI is InChI=1S/C21H29N3O4/c1-16-8-10-21(11-9-16)19(26)24(20(27)22-21)15-18(25)23(12-13-28-2)14-17-6-4-3-5-7-17/h3-7,16H,8-15H2,1-2H3,(H,22,27). The summed E-state index contributed by atoms with van der Waals surface area (Å²) in [5.41, 5.74) is 0.169. The van der Waals surface area contributed by atoms with Gasteiger partial charge in [-0.25, -0.2) is 4.79 Å². The van der Waals surface area contributed by atoms with Gasteiger partial charge in [0.05, 0.1) is 6.61 Å². The molecule has 1 aromatic carbocycles. The summed E-state index contributed by atoms with van der Waals surface area (Å²) in [6, 6.07) is 9.18. The first-order chi connectivity index (χ1) is 13.4. The molecule has 2 aliphatic rings. The molecule has 4 amide bonds. The summed E-state index contributed by atoms with van der Waals surface area (Å²) in [5, 5.41) is 2.87. The van der Waals surface area contributed by atoms with Gasteiger partial charge in [0.2, 0.25) is 5.91 Å². The van der Waals surface area contributed by atoms with Gasteiger partial charge in [-0.2, -0.15) is 0 Å². The summed E-state index contributed by atoms with van der Waals surface area (Å²) >= 11 is 0. The minimum atomic E-state index is -0.819. The van der Waals surface area contributed by atoms with Crippen molar-refractivity contribution in [3.8, 4) is 0 Å². The van der Waals surface area contributed by atoms with Crippen molar-refractivity contribution >= 4 is 17.8 Å². The number of ether oxygens (including phenoxy) is 1. The number of hydrogen-bond donors (Lipinski definition) is 1. The van der Waals surface area contributed by atoms with Crippen LogP contribution in [-0.4, -0.2) is 60.0 Å². The lowest BCUT2D eigenvalue weighted by Gasteiger charge is -2.33. The number of hydrogen-bond acceptors (Lipinski definition) is 4. The quantitative estimate of drug-likeness (QED) is 0.727. The number of nitrogens with one attached hydrogen (secondary N) is 1. The van der Waals surface area contributed by atoms with Crippen molar-refractivity contribution in [3.63, 3.8) is 0 Å². The Hall–Kier alpha value is -2.41. The third kappa shape index (κ3) is 4.35. The molecule has 0 aromatic heterocycles. The smallest absolute Gasteiger partial charge is 0.325 e. The highest BCUT2D eigenvalue weighted by Crippen LogP contribution is 2.36. The van der Waals surface area contributed by atoms with Gasteiger partial charge >= 0.3 is 6.03 Å². The molecule has 1 saturated carbocycles. The average Bonchev–Trinajstić information content (AvgIpc) is 2.92. The molecule has 7 heteroatoms. The van der Waals surface area contributed by atoms with Crippen molar-refractivity contribution in [2.45, 2.75) is 44.7 Å². The highest BCUT2D eigenvalue weighted by atomic mass is 16.5. The molecule has 0 unspecified atom stereocenters. The average molecular weight is 387 g/mol. The Labute approximate surface area is 166 Å². The number of methoxy groups -OCH3 is 1. The summed E-state index contributed by atoms with van der Waals surface area (Å²) < 4.78 is 5.12. The summed E-state index contributed by atoms with van der Waals surface area (Å²) in [5.74, 6) is 0.0381. The zero-order chi connectivity index (χ0) is 20.1.